The minimum Gasteiger partial charge on any atom is -0.253 e. The van der Waals surface area contributed by atoms with Crippen molar-refractivity contribution in [3.8, 4) is 11.5 Å². The third-order valence-electron chi connectivity index (χ3n) is 3.06. The zero-order valence-corrected chi connectivity index (χ0v) is 12.8. The van der Waals surface area contributed by atoms with Gasteiger partial charge in [-0.25, -0.2) is 14.4 Å². The van der Waals surface area contributed by atoms with Gasteiger partial charge in [0, 0.05) is 17.6 Å². The molecule has 0 spiro atoms. The first-order valence-electron chi connectivity index (χ1n) is 6.85. The predicted molar refractivity (Wildman–Crippen MR) is 86.0 cm³/mol. The highest BCUT2D eigenvalue weighted by Crippen LogP contribution is 2.24. The SMILES string of the molecule is Cc1cc(SCc2ccccc2F)nc(-c2ccccn2)n1. The van der Waals surface area contributed by atoms with E-state index >= 15 is 0 Å². The number of hydrogen-bond donors (Lipinski definition) is 0. The number of nitrogens with zero attached hydrogens (tertiary/aromatic N) is 3. The molecule has 0 N–H and O–H groups in total. The Kier molecular flexibility index (Phi) is 4.44. The molecule has 0 aliphatic heterocycles. The summed E-state index contributed by atoms with van der Waals surface area (Å²) in [4.78, 5) is 13.2. The van der Waals surface area contributed by atoms with Crippen molar-refractivity contribution < 1.29 is 4.39 Å². The third kappa shape index (κ3) is 3.49. The molecule has 0 aliphatic rings. The van der Waals surface area contributed by atoms with E-state index in [-0.39, 0.29) is 5.82 Å². The van der Waals surface area contributed by atoms with Crippen molar-refractivity contribution >= 4 is 11.8 Å². The summed E-state index contributed by atoms with van der Waals surface area (Å²) in [7, 11) is 0. The van der Waals surface area contributed by atoms with Crippen LogP contribution in [0.1, 0.15) is 11.3 Å². The molecule has 0 fully saturated rings. The van der Waals surface area contributed by atoms with Crippen LogP contribution in [0, 0.1) is 12.7 Å². The first kappa shape index (κ1) is 14.7. The van der Waals surface area contributed by atoms with E-state index in [1.807, 2.05) is 37.3 Å². The number of pyridine rings is 1. The summed E-state index contributed by atoms with van der Waals surface area (Å²) in [5.74, 6) is 0.937. The Morgan fingerprint density at radius 1 is 1.05 bits per heavy atom. The van der Waals surface area contributed by atoms with E-state index in [1.54, 1.807) is 18.3 Å². The van der Waals surface area contributed by atoms with Crippen molar-refractivity contribution in [3.63, 3.8) is 0 Å². The van der Waals surface area contributed by atoms with Crippen molar-refractivity contribution in [1.29, 1.82) is 0 Å². The fraction of sp³-hybridized carbons (Fsp3) is 0.118. The van der Waals surface area contributed by atoms with Gasteiger partial charge in [0.25, 0.3) is 0 Å². The minimum atomic E-state index is -0.189. The largest absolute Gasteiger partial charge is 0.253 e. The standard InChI is InChI=1S/C17H14FN3S/c1-12-10-16(22-11-13-6-2-3-7-14(13)18)21-17(20-12)15-8-4-5-9-19-15/h2-10H,11H2,1H3. The van der Waals surface area contributed by atoms with E-state index in [0.29, 0.717) is 17.1 Å². The maximum atomic E-state index is 13.7. The number of aromatic nitrogens is 3. The molecular weight excluding hydrogens is 297 g/mol. The van der Waals surface area contributed by atoms with Gasteiger partial charge in [-0.05, 0) is 36.8 Å². The zero-order valence-electron chi connectivity index (χ0n) is 12.0. The molecular formula is C17H14FN3S. The molecule has 2 heterocycles. The summed E-state index contributed by atoms with van der Waals surface area (Å²) >= 11 is 1.49. The molecule has 3 nitrogen and oxygen atoms in total. The number of rotatable bonds is 4. The Morgan fingerprint density at radius 2 is 1.86 bits per heavy atom. The van der Waals surface area contributed by atoms with Gasteiger partial charge in [-0.15, -0.1) is 11.8 Å². The van der Waals surface area contributed by atoms with Gasteiger partial charge in [-0.2, -0.15) is 0 Å². The second-order valence-corrected chi connectivity index (χ2v) is 5.76. The predicted octanol–water partition coefficient (Wildman–Crippen LogP) is 4.28. The lowest BCUT2D eigenvalue weighted by Gasteiger charge is -2.06. The van der Waals surface area contributed by atoms with E-state index < -0.39 is 0 Å². The van der Waals surface area contributed by atoms with E-state index in [1.165, 1.54) is 17.8 Å². The Bertz CT molecular complexity index is 778. The molecule has 3 rings (SSSR count). The summed E-state index contributed by atoms with van der Waals surface area (Å²) in [6.45, 7) is 1.92. The number of benzene rings is 1. The van der Waals surface area contributed by atoms with Crippen molar-refractivity contribution in [2.45, 2.75) is 17.7 Å². The van der Waals surface area contributed by atoms with Crippen molar-refractivity contribution in [2.24, 2.45) is 0 Å². The van der Waals surface area contributed by atoms with Gasteiger partial charge in [-0.3, -0.25) is 4.98 Å². The van der Waals surface area contributed by atoms with Gasteiger partial charge in [0.15, 0.2) is 5.82 Å². The van der Waals surface area contributed by atoms with Gasteiger partial charge >= 0.3 is 0 Å². The Hall–Kier alpha value is -2.27. The highest BCUT2D eigenvalue weighted by molar-refractivity contribution is 7.98. The van der Waals surface area contributed by atoms with Crippen LogP contribution >= 0.6 is 11.8 Å². The monoisotopic (exact) mass is 311 g/mol. The van der Waals surface area contributed by atoms with Crippen LogP contribution in [0.3, 0.4) is 0 Å². The molecule has 0 saturated carbocycles. The van der Waals surface area contributed by atoms with Crippen LogP contribution in [0.25, 0.3) is 11.5 Å². The second-order valence-electron chi connectivity index (χ2n) is 4.77. The van der Waals surface area contributed by atoms with Crippen LogP contribution in [-0.2, 0) is 5.75 Å². The van der Waals surface area contributed by atoms with Crippen molar-refractivity contribution in [3.05, 3.63) is 71.8 Å². The first-order chi connectivity index (χ1) is 10.7. The lowest BCUT2D eigenvalue weighted by molar-refractivity contribution is 0.617. The molecule has 0 atom stereocenters. The molecule has 3 aromatic rings. The number of hydrogen-bond acceptors (Lipinski definition) is 4. The van der Waals surface area contributed by atoms with E-state index in [9.17, 15) is 4.39 Å². The lowest BCUT2D eigenvalue weighted by atomic mass is 10.2. The molecule has 0 aliphatic carbocycles. The lowest BCUT2D eigenvalue weighted by Crippen LogP contribution is -1.96. The quantitative estimate of drug-likeness (QED) is 0.532. The van der Waals surface area contributed by atoms with Crippen LogP contribution < -0.4 is 0 Å². The van der Waals surface area contributed by atoms with Gasteiger partial charge in [0.05, 0.1) is 0 Å². The maximum absolute atomic E-state index is 13.7. The first-order valence-corrected chi connectivity index (χ1v) is 7.84. The molecule has 0 radical (unpaired) electrons. The van der Waals surface area contributed by atoms with Crippen LogP contribution in [0.4, 0.5) is 4.39 Å². The smallest absolute Gasteiger partial charge is 0.179 e. The van der Waals surface area contributed by atoms with Crippen molar-refractivity contribution in [2.75, 3.05) is 0 Å². The third-order valence-corrected chi connectivity index (χ3v) is 4.02. The highest BCUT2D eigenvalue weighted by atomic mass is 32.2. The minimum absolute atomic E-state index is 0.189. The van der Waals surface area contributed by atoms with Gasteiger partial charge in [0.1, 0.15) is 16.5 Å². The topological polar surface area (TPSA) is 38.7 Å². The summed E-state index contributed by atoms with van der Waals surface area (Å²) in [5, 5.41) is 0.816. The van der Waals surface area contributed by atoms with Gasteiger partial charge in [0.2, 0.25) is 0 Å². The highest BCUT2D eigenvalue weighted by Gasteiger charge is 2.08. The van der Waals surface area contributed by atoms with Crippen LogP contribution in [0.2, 0.25) is 0 Å². The molecule has 0 saturated heterocycles. The molecule has 1 aromatic carbocycles. The summed E-state index contributed by atoms with van der Waals surface area (Å²) in [6.07, 6.45) is 1.72. The number of thioether (sulfide) groups is 1. The fourth-order valence-corrected chi connectivity index (χ4v) is 2.93. The molecule has 0 unspecified atom stereocenters. The molecule has 22 heavy (non-hydrogen) atoms. The fourth-order valence-electron chi connectivity index (χ4n) is 1.99. The van der Waals surface area contributed by atoms with E-state index in [2.05, 4.69) is 15.0 Å². The van der Waals surface area contributed by atoms with Gasteiger partial charge in [-0.1, -0.05) is 24.3 Å². The van der Waals surface area contributed by atoms with Crippen LogP contribution in [-0.4, -0.2) is 15.0 Å². The summed E-state index contributed by atoms with van der Waals surface area (Å²) in [5.41, 5.74) is 2.27. The Balaban J connectivity index is 1.83. The van der Waals surface area contributed by atoms with Gasteiger partial charge < -0.3 is 0 Å². The maximum Gasteiger partial charge on any atom is 0.179 e. The second kappa shape index (κ2) is 6.66. The number of halogens is 1. The summed E-state index contributed by atoms with van der Waals surface area (Å²) in [6, 6.07) is 14.3. The molecule has 0 bridgehead atoms. The molecule has 110 valence electrons. The van der Waals surface area contributed by atoms with Crippen LogP contribution in [0.5, 0.6) is 0 Å². The Labute approximate surface area is 132 Å². The normalized spacial score (nSPS) is 10.6. The Morgan fingerprint density at radius 3 is 2.64 bits per heavy atom. The zero-order chi connectivity index (χ0) is 15.4. The number of aryl methyl sites for hydroxylation is 1. The average molecular weight is 311 g/mol. The average Bonchev–Trinajstić information content (AvgIpc) is 2.54. The van der Waals surface area contributed by atoms with E-state index in [4.69, 9.17) is 0 Å². The molecule has 5 heteroatoms. The molecule has 2 aromatic heterocycles. The van der Waals surface area contributed by atoms with Crippen LogP contribution in [0.15, 0.2) is 59.8 Å². The van der Waals surface area contributed by atoms with Crippen molar-refractivity contribution in [1.82, 2.24) is 15.0 Å². The molecule has 0 amide bonds. The van der Waals surface area contributed by atoms with E-state index in [0.717, 1.165) is 16.4 Å². The summed E-state index contributed by atoms with van der Waals surface area (Å²) < 4.78 is 13.7.